The standard InChI is InChI=1S/C38H36N10O6S/c1-46(2)24-10-13-27-30(16-24)54-31-17-25(47(3)4)11-14-28(31)38(27)29-15-23(9-12-26(29)36(50)48(38)55(40,51)52)34(49)41-18-21-5-7-22(8-6-21)19-53-35-32-33(43-20-42-32)44-37(39)45-35/h5-17,20H,18-19H2,1-4H3,(H,41,49)(H2,40,51,52)(H3,39,42,43,44,45). The molecule has 0 aliphatic carbocycles. The number of carbonyl (C=O) groups excluding carboxylic acids is 2. The molecule has 1 spiro atoms. The highest BCUT2D eigenvalue weighted by atomic mass is 32.2. The van der Waals surface area contributed by atoms with Gasteiger partial charge in [0.2, 0.25) is 11.8 Å². The molecule has 0 atom stereocenters. The summed E-state index contributed by atoms with van der Waals surface area (Å²) in [6, 6.07) is 22.6. The number of anilines is 3. The zero-order valence-electron chi connectivity index (χ0n) is 30.2. The Morgan fingerprint density at radius 2 is 1.53 bits per heavy atom. The highest BCUT2D eigenvalue weighted by molar-refractivity contribution is 7.87. The first kappa shape index (κ1) is 35.3. The number of imidazole rings is 1. The molecular formula is C38H36N10O6S. The van der Waals surface area contributed by atoms with Crippen molar-refractivity contribution in [1.82, 2.24) is 29.6 Å². The van der Waals surface area contributed by atoms with E-state index in [-0.39, 0.29) is 41.7 Å². The summed E-state index contributed by atoms with van der Waals surface area (Å²) >= 11 is 0. The Morgan fingerprint density at radius 1 is 0.891 bits per heavy atom. The fourth-order valence-corrected chi connectivity index (χ4v) is 8.09. The van der Waals surface area contributed by atoms with Crippen LogP contribution in [0.25, 0.3) is 11.2 Å². The number of carbonyl (C=O) groups is 2. The van der Waals surface area contributed by atoms with Crippen LogP contribution in [0.15, 0.2) is 85.2 Å². The molecule has 6 N–H and O–H groups in total. The summed E-state index contributed by atoms with van der Waals surface area (Å²) in [5.74, 6) is -0.266. The second-order valence-corrected chi connectivity index (χ2v) is 15.0. The van der Waals surface area contributed by atoms with E-state index < -0.39 is 27.6 Å². The molecule has 16 nitrogen and oxygen atoms in total. The number of hydrogen-bond donors (Lipinski definition) is 4. The molecule has 17 heteroatoms. The third-order valence-corrected chi connectivity index (χ3v) is 10.7. The van der Waals surface area contributed by atoms with Crippen LogP contribution in [0.3, 0.4) is 0 Å². The summed E-state index contributed by atoms with van der Waals surface area (Å²) in [6.07, 6.45) is 1.48. The third kappa shape index (κ3) is 5.89. The Bertz CT molecular complexity index is 2590. The van der Waals surface area contributed by atoms with Crippen molar-refractivity contribution in [2.24, 2.45) is 5.14 Å². The molecule has 2 aliphatic heterocycles. The molecule has 8 rings (SSSR count). The average molecular weight is 761 g/mol. The lowest BCUT2D eigenvalue weighted by Crippen LogP contribution is -2.52. The maximum absolute atomic E-state index is 14.2. The molecule has 55 heavy (non-hydrogen) atoms. The van der Waals surface area contributed by atoms with Crippen molar-refractivity contribution >= 4 is 50.5 Å². The number of fused-ring (bicyclic) bond motifs is 7. The number of nitrogens with zero attached hydrogens (tertiary/aromatic N) is 6. The quantitative estimate of drug-likeness (QED) is 0.166. The highest BCUT2D eigenvalue weighted by Gasteiger charge is 2.60. The van der Waals surface area contributed by atoms with E-state index in [1.807, 2.05) is 74.4 Å². The van der Waals surface area contributed by atoms with Crippen LogP contribution in [0.4, 0.5) is 17.3 Å². The maximum Gasteiger partial charge on any atom is 0.302 e. The lowest BCUT2D eigenvalue weighted by molar-refractivity contribution is 0.0825. The van der Waals surface area contributed by atoms with Gasteiger partial charge in [-0.3, -0.25) is 9.59 Å². The Kier molecular flexibility index (Phi) is 8.34. The number of rotatable bonds is 9. The number of aromatic nitrogens is 4. The van der Waals surface area contributed by atoms with Gasteiger partial charge in [-0.2, -0.15) is 18.4 Å². The molecule has 0 saturated heterocycles. The molecule has 2 aliphatic rings. The summed E-state index contributed by atoms with van der Waals surface area (Å²) in [5, 5.41) is 8.84. The van der Waals surface area contributed by atoms with Gasteiger partial charge in [0.1, 0.15) is 23.6 Å². The van der Waals surface area contributed by atoms with Crippen LogP contribution >= 0.6 is 0 Å². The molecule has 4 heterocycles. The van der Waals surface area contributed by atoms with Crippen molar-refractivity contribution in [3.63, 3.8) is 0 Å². The number of nitrogens with one attached hydrogen (secondary N) is 2. The molecule has 0 radical (unpaired) electrons. The highest BCUT2D eigenvalue weighted by Crippen LogP contribution is 2.59. The second kappa shape index (κ2) is 13.0. The van der Waals surface area contributed by atoms with Crippen LogP contribution in [0.5, 0.6) is 17.4 Å². The minimum atomic E-state index is -4.70. The minimum absolute atomic E-state index is 0.0595. The van der Waals surface area contributed by atoms with Gasteiger partial charge in [-0.25, -0.2) is 14.4 Å². The van der Waals surface area contributed by atoms with Gasteiger partial charge in [-0.1, -0.05) is 36.4 Å². The fraction of sp³-hybridized carbons (Fsp3) is 0.184. The van der Waals surface area contributed by atoms with Crippen LogP contribution in [0, 0.1) is 0 Å². The normalized spacial score (nSPS) is 13.9. The van der Waals surface area contributed by atoms with Crippen molar-refractivity contribution in [3.8, 4) is 17.4 Å². The van der Waals surface area contributed by atoms with Gasteiger partial charge in [0.15, 0.2) is 11.2 Å². The van der Waals surface area contributed by atoms with Gasteiger partial charge in [-0.15, -0.1) is 0 Å². The zero-order chi connectivity index (χ0) is 38.8. The molecule has 6 aromatic rings. The minimum Gasteiger partial charge on any atom is -0.471 e. The molecule has 2 aromatic heterocycles. The number of benzene rings is 4. The Morgan fingerprint density at radius 3 is 2.15 bits per heavy atom. The van der Waals surface area contributed by atoms with E-state index in [4.69, 9.17) is 20.3 Å². The molecule has 280 valence electrons. The van der Waals surface area contributed by atoms with Crippen molar-refractivity contribution in [2.75, 3.05) is 43.7 Å². The van der Waals surface area contributed by atoms with E-state index in [1.54, 1.807) is 30.3 Å². The van der Waals surface area contributed by atoms with Crippen molar-refractivity contribution < 1.29 is 27.5 Å². The number of amides is 2. The van der Waals surface area contributed by atoms with Crippen LogP contribution in [0.1, 0.15) is 48.5 Å². The predicted octanol–water partition coefficient (Wildman–Crippen LogP) is 3.63. The average Bonchev–Trinajstić information content (AvgIpc) is 3.73. The smallest absolute Gasteiger partial charge is 0.302 e. The lowest BCUT2D eigenvalue weighted by Gasteiger charge is -2.43. The van der Waals surface area contributed by atoms with E-state index in [1.165, 1.54) is 18.5 Å². The van der Waals surface area contributed by atoms with E-state index >= 15 is 0 Å². The first-order valence-corrected chi connectivity index (χ1v) is 18.5. The molecule has 2 amide bonds. The molecule has 4 aromatic carbocycles. The summed E-state index contributed by atoms with van der Waals surface area (Å²) in [5.41, 5.74) is 9.51. The van der Waals surface area contributed by atoms with E-state index in [9.17, 15) is 18.0 Å². The topological polar surface area (TPSA) is 215 Å². The Balaban J connectivity index is 1.12. The first-order chi connectivity index (χ1) is 26.2. The number of H-pyrrole nitrogens is 1. The largest absolute Gasteiger partial charge is 0.471 e. The van der Waals surface area contributed by atoms with Gasteiger partial charge in [0.05, 0.1) is 6.33 Å². The second-order valence-electron chi connectivity index (χ2n) is 13.6. The summed E-state index contributed by atoms with van der Waals surface area (Å²) in [4.78, 5) is 47.0. The van der Waals surface area contributed by atoms with Gasteiger partial charge in [-0.05, 0) is 41.5 Å². The molecular weight excluding hydrogens is 725 g/mol. The summed E-state index contributed by atoms with van der Waals surface area (Å²) in [6.45, 7) is 0.376. The van der Waals surface area contributed by atoms with E-state index in [2.05, 4.69) is 25.3 Å². The van der Waals surface area contributed by atoms with Crippen molar-refractivity contribution in [1.29, 1.82) is 0 Å². The van der Waals surface area contributed by atoms with Crippen molar-refractivity contribution in [3.05, 3.63) is 124 Å². The number of nitrogen functional groups attached to an aromatic ring is 1. The maximum atomic E-state index is 14.2. The Labute approximate surface area is 315 Å². The third-order valence-electron chi connectivity index (χ3n) is 9.72. The summed E-state index contributed by atoms with van der Waals surface area (Å²) in [7, 11) is 2.78. The predicted molar refractivity (Wildman–Crippen MR) is 205 cm³/mol. The number of aromatic amines is 1. The molecule has 0 unspecified atom stereocenters. The van der Waals surface area contributed by atoms with Crippen LogP contribution < -0.4 is 35.5 Å². The van der Waals surface area contributed by atoms with Gasteiger partial charge in [0, 0.05) is 86.1 Å². The number of ether oxygens (including phenoxy) is 2. The molecule has 0 fully saturated rings. The van der Waals surface area contributed by atoms with E-state index in [0.717, 1.165) is 22.5 Å². The van der Waals surface area contributed by atoms with Gasteiger partial charge < -0.3 is 35.3 Å². The van der Waals surface area contributed by atoms with Gasteiger partial charge >= 0.3 is 10.2 Å². The van der Waals surface area contributed by atoms with Crippen LogP contribution in [-0.2, 0) is 28.9 Å². The Hall–Kier alpha value is -6.72. The molecule has 0 bridgehead atoms. The van der Waals surface area contributed by atoms with Crippen molar-refractivity contribution in [2.45, 2.75) is 18.7 Å². The number of nitrogens with two attached hydrogens (primary N) is 2. The van der Waals surface area contributed by atoms with Gasteiger partial charge in [0.25, 0.3) is 11.8 Å². The van der Waals surface area contributed by atoms with Crippen LogP contribution in [-0.4, -0.2) is 72.7 Å². The first-order valence-electron chi connectivity index (χ1n) is 17.0. The fourth-order valence-electron chi connectivity index (χ4n) is 7.08. The molecule has 0 saturated carbocycles. The van der Waals surface area contributed by atoms with Crippen LogP contribution in [0.2, 0.25) is 0 Å². The lowest BCUT2D eigenvalue weighted by atomic mass is 9.75. The SMILES string of the molecule is CN(C)c1ccc2c(c1)Oc1cc(N(C)C)ccc1C21c2cc(C(=O)NCc3ccc(COc4nc(N)nc5[nH]cnc45)cc3)ccc2C(=O)N1S(N)(=O)=O. The van der Waals surface area contributed by atoms with E-state index in [0.29, 0.717) is 38.1 Å². The monoisotopic (exact) mass is 760 g/mol. The number of hydrogen-bond acceptors (Lipinski definition) is 12. The zero-order valence-corrected chi connectivity index (χ0v) is 31.0. The summed E-state index contributed by atoms with van der Waals surface area (Å²) < 4.78 is 40.1.